The number of hydrogen-bond acceptors (Lipinski definition) is 6. The molecule has 1 aromatic heterocycles. The molecule has 1 aromatic rings. The van der Waals surface area contributed by atoms with Crippen LogP contribution in [0.2, 0.25) is 0 Å². The molecular formula is C13H19N5O2S. The van der Waals surface area contributed by atoms with Gasteiger partial charge in [0.15, 0.2) is 4.77 Å². The lowest BCUT2D eigenvalue weighted by atomic mass is 10.3. The third kappa shape index (κ3) is 3.01. The van der Waals surface area contributed by atoms with E-state index in [4.69, 9.17) is 12.2 Å². The van der Waals surface area contributed by atoms with Crippen LogP contribution in [0.1, 0.15) is 24.4 Å². The van der Waals surface area contributed by atoms with Gasteiger partial charge in [0, 0.05) is 32.2 Å². The zero-order chi connectivity index (χ0) is 15.0. The average molecular weight is 309 g/mol. The van der Waals surface area contributed by atoms with Crippen molar-refractivity contribution in [2.75, 3.05) is 33.2 Å². The van der Waals surface area contributed by atoms with E-state index >= 15 is 0 Å². The van der Waals surface area contributed by atoms with Gasteiger partial charge in [0.05, 0.1) is 6.21 Å². The number of aromatic nitrogens is 2. The molecule has 0 spiro atoms. The Bertz CT molecular complexity index is 668. The molecule has 2 N–H and O–H groups in total. The van der Waals surface area contributed by atoms with Crippen molar-refractivity contribution in [2.24, 2.45) is 5.10 Å². The number of aromatic hydroxyl groups is 1. The van der Waals surface area contributed by atoms with E-state index in [-0.39, 0.29) is 22.3 Å². The largest absolute Gasteiger partial charge is 0.494 e. The van der Waals surface area contributed by atoms with Gasteiger partial charge in [0.1, 0.15) is 5.56 Å². The molecule has 1 aliphatic carbocycles. The molecule has 1 saturated heterocycles. The second-order valence-electron chi connectivity index (χ2n) is 5.60. The molecule has 2 aliphatic rings. The van der Waals surface area contributed by atoms with Gasteiger partial charge in [-0.3, -0.25) is 19.4 Å². The quantitative estimate of drug-likeness (QED) is 0.629. The molecule has 7 nitrogen and oxygen atoms in total. The summed E-state index contributed by atoms with van der Waals surface area (Å²) in [7, 11) is 2.07. The molecule has 0 bridgehead atoms. The highest BCUT2D eigenvalue weighted by molar-refractivity contribution is 7.71. The number of hydrogen-bond donors (Lipinski definition) is 2. The van der Waals surface area contributed by atoms with Crippen LogP contribution in [-0.2, 0) is 0 Å². The first-order valence-electron chi connectivity index (χ1n) is 7.11. The number of nitrogens with zero attached hydrogens (tertiary/aromatic N) is 4. The van der Waals surface area contributed by atoms with Crippen LogP contribution in [0.3, 0.4) is 0 Å². The maximum Gasteiger partial charge on any atom is 0.264 e. The number of nitrogens with one attached hydrogen (secondary N) is 1. The second-order valence-corrected chi connectivity index (χ2v) is 5.99. The normalized spacial score (nSPS) is 20.3. The molecule has 1 aliphatic heterocycles. The second kappa shape index (κ2) is 5.61. The first-order valence-corrected chi connectivity index (χ1v) is 7.52. The predicted octanol–water partition coefficient (Wildman–Crippen LogP) is 0.528. The van der Waals surface area contributed by atoms with E-state index in [0.29, 0.717) is 0 Å². The number of rotatable bonds is 3. The summed E-state index contributed by atoms with van der Waals surface area (Å²) in [6, 6.07) is 0.199. The van der Waals surface area contributed by atoms with Crippen LogP contribution in [0.5, 0.6) is 5.88 Å². The highest BCUT2D eigenvalue weighted by Gasteiger charge is 2.27. The molecule has 114 valence electrons. The minimum absolute atomic E-state index is 0.0795. The van der Waals surface area contributed by atoms with Crippen molar-refractivity contribution in [3.63, 3.8) is 0 Å². The van der Waals surface area contributed by atoms with Crippen LogP contribution in [0.25, 0.3) is 0 Å². The predicted molar refractivity (Wildman–Crippen MR) is 82.5 cm³/mol. The van der Waals surface area contributed by atoms with Gasteiger partial charge in [-0.05, 0) is 32.1 Å². The number of piperazine rings is 1. The first kappa shape index (κ1) is 14.3. The topological polar surface area (TPSA) is 76.9 Å². The van der Waals surface area contributed by atoms with Gasteiger partial charge < -0.3 is 10.0 Å². The van der Waals surface area contributed by atoms with Crippen LogP contribution in [0.15, 0.2) is 9.90 Å². The van der Waals surface area contributed by atoms with Gasteiger partial charge in [0.25, 0.3) is 5.56 Å². The van der Waals surface area contributed by atoms with Crippen LogP contribution in [0, 0.1) is 4.77 Å². The number of likely N-dealkylation sites (N-methyl/N-ethyl adjacent to an activating group) is 1. The van der Waals surface area contributed by atoms with E-state index in [0.717, 1.165) is 39.0 Å². The molecule has 8 heteroatoms. The van der Waals surface area contributed by atoms with Gasteiger partial charge in [-0.15, -0.1) is 0 Å². The monoisotopic (exact) mass is 309 g/mol. The Kier molecular flexibility index (Phi) is 3.81. The molecule has 21 heavy (non-hydrogen) atoms. The standard InChI is InChI=1S/C13H19N5O2S/c1-16-4-6-17(7-5-16)14-8-10-11(19)15-13(21)18(12(10)20)9-2-3-9/h8-9,20H,2-7H2,1H3,(H,15,19,21). The van der Waals surface area contributed by atoms with E-state index in [2.05, 4.69) is 22.0 Å². The van der Waals surface area contributed by atoms with Crippen LogP contribution < -0.4 is 5.56 Å². The Morgan fingerprint density at radius 1 is 1.33 bits per heavy atom. The molecule has 0 aromatic carbocycles. The van der Waals surface area contributed by atoms with E-state index in [1.54, 1.807) is 4.57 Å². The average Bonchev–Trinajstić information content (AvgIpc) is 3.25. The zero-order valence-electron chi connectivity index (χ0n) is 11.9. The van der Waals surface area contributed by atoms with Crippen molar-refractivity contribution in [1.29, 1.82) is 0 Å². The van der Waals surface area contributed by atoms with Gasteiger partial charge in [-0.1, -0.05) is 0 Å². The van der Waals surface area contributed by atoms with Crippen molar-refractivity contribution in [2.45, 2.75) is 18.9 Å². The van der Waals surface area contributed by atoms with Crippen LogP contribution in [-0.4, -0.2) is 64.0 Å². The summed E-state index contributed by atoms with van der Waals surface area (Å²) in [4.78, 5) is 16.8. The zero-order valence-corrected chi connectivity index (χ0v) is 12.8. The van der Waals surface area contributed by atoms with E-state index in [1.165, 1.54) is 6.21 Å². The minimum Gasteiger partial charge on any atom is -0.494 e. The van der Waals surface area contributed by atoms with Crippen LogP contribution in [0.4, 0.5) is 0 Å². The molecule has 0 amide bonds. The van der Waals surface area contributed by atoms with E-state index in [9.17, 15) is 9.90 Å². The minimum atomic E-state index is -0.396. The van der Waals surface area contributed by atoms with Gasteiger partial charge in [0.2, 0.25) is 5.88 Å². The summed E-state index contributed by atoms with van der Waals surface area (Å²) in [6.07, 6.45) is 3.39. The Morgan fingerprint density at radius 3 is 2.62 bits per heavy atom. The first-order chi connectivity index (χ1) is 10.1. The summed E-state index contributed by atoms with van der Waals surface area (Å²) in [5.41, 5.74) is -0.221. The van der Waals surface area contributed by atoms with Crippen molar-refractivity contribution >= 4 is 18.4 Å². The van der Waals surface area contributed by atoms with Crippen molar-refractivity contribution in [3.8, 4) is 5.88 Å². The maximum atomic E-state index is 12.0. The molecule has 0 unspecified atom stereocenters. The fraction of sp³-hybridized carbons (Fsp3) is 0.615. The van der Waals surface area contributed by atoms with Crippen molar-refractivity contribution in [3.05, 3.63) is 20.7 Å². The highest BCUT2D eigenvalue weighted by Crippen LogP contribution is 2.37. The summed E-state index contributed by atoms with van der Waals surface area (Å²) in [5.74, 6) is -0.0795. The molecule has 0 radical (unpaired) electrons. The molecule has 2 fully saturated rings. The fourth-order valence-electron chi connectivity index (χ4n) is 2.39. The molecular weight excluding hydrogens is 290 g/mol. The summed E-state index contributed by atoms with van der Waals surface area (Å²) >= 11 is 5.11. The van der Waals surface area contributed by atoms with Crippen LogP contribution >= 0.6 is 12.2 Å². The van der Waals surface area contributed by atoms with Crippen molar-refractivity contribution < 1.29 is 5.11 Å². The number of hydrazone groups is 1. The maximum absolute atomic E-state index is 12.0. The van der Waals surface area contributed by atoms with Gasteiger partial charge in [-0.2, -0.15) is 5.10 Å². The molecule has 0 atom stereocenters. The summed E-state index contributed by atoms with van der Waals surface area (Å²) in [5, 5.41) is 16.5. The summed E-state index contributed by atoms with van der Waals surface area (Å²) < 4.78 is 1.89. The lowest BCUT2D eigenvalue weighted by molar-refractivity contribution is 0.159. The van der Waals surface area contributed by atoms with Gasteiger partial charge in [-0.25, -0.2) is 0 Å². The SMILES string of the molecule is CN1CCN(N=Cc2c(O)n(C3CC3)c(=S)[nH]c2=O)CC1. The smallest absolute Gasteiger partial charge is 0.264 e. The van der Waals surface area contributed by atoms with Crippen molar-refractivity contribution in [1.82, 2.24) is 19.5 Å². The lowest BCUT2D eigenvalue weighted by Crippen LogP contribution is -2.41. The molecule has 1 saturated carbocycles. The Labute approximate surface area is 127 Å². The molecule has 2 heterocycles. The lowest BCUT2D eigenvalue weighted by Gasteiger charge is -2.30. The molecule has 3 rings (SSSR count). The number of aromatic amines is 1. The summed E-state index contributed by atoms with van der Waals surface area (Å²) in [6.45, 7) is 3.50. The highest BCUT2D eigenvalue weighted by atomic mass is 32.1. The Morgan fingerprint density at radius 2 is 2.00 bits per heavy atom. The third-order valence-electron chi connectivity index (χ3n) is 3.89. The number of H-pyrrole nitrogens is 1. The van der Waals surface area contributed by atoms with Gasteiger partial charge >= 0.3 is 0 Å². The van der Waals surface area contributed by atoms with E-state index < -0.39 is 5.56 Å². The van der Waals surface area contributed by atoms with E-state index in [1.807, 2.05) is 5.01 Å². The Balaban J connectivity index is 1.86. The Hall–Kier alpha value is -1.67. The fourth-order valence-corrected chi connectivity index (χ4v) is 2.72. The third-order valence-corrected chi connectivity index (χ3v) is 4.19.